The van der Waals surface area contributed by atoms with Crippen molar-refractivity contribution < 1.29 is 9.84 Å². The summed E-state index contributed by atoms with van der Waals surface area (Å²) in [7, 11) is 1.68. The van der Waals surface area contributed by atoms with Crippen LogP contribution in [-0.2, 0) is 0 Å². The molecule has 2 aromatic carbocycles. The summed E-state index contributed by atoms with van der Waals surface area (Å²) in [6, 6.07) is 12.5. The lowest BCUT2D eigenvalue weighted by molar-refractivity contribution is -0.0444. The van der Waals surface area contributed by atoms with Crippen LogP contribution in [0.15, 0.2) is 49.1 Å². The first-order valence-electron chi connectivity index (χ1n) is 8.82. The maximum absolute atomic E-state index is 11.2. The molecule has 0 amide bonds. The highest BCUT2D eigenvalue weighted by molar-refractivity contribution is 5.87. The molecule has 0 saturated carbocycles. The SMILES string of the molecule is C=CC1CN2CCC1CC2[C@H](O)c1cccc2ccc(OC)cc12.Cl. The van der Waals surface area contributed by atoms with E-state index in [0.717, 1.165) is 41.6 Å². The summed E-state index contributed by atoms with van der Waals surface area (Å²) < 4.78 is 5.38. The highest BCUT2D eigenvalue weighted by Crippen LogP contribution is 2.42. The van der Waals surface area contributed by atoms with Gasteiger partial charge in [0.1, 0.15) is 5.75 Å². The van der Waals surface area contributed by atoms with Crippen molar-refractivity contribution in [1.82, 2.24) is 4.90 Å². The average molecular weight is 360 g/mol. The van der Waals surface area contributed by atoms with Crippen LogP contribution < -0.4 is 4.74 Å². The number of hydrogen-bond acceptors (Lipinski definition) is 3. The first kappa shape index (κ1) is 18.2. The molecule has 3 nitrogen and oxygen atoms in total. The van der Waals surface area contributed by atoms with Crippen LogP contribution in [0.25, 0.3) is 10.8 Å². The van der Waals surface area contributed by atoms with Gasteiger partial charge in [0.15, 0.2) is 0 Å². The van der Waals surface area contributed by atoms with E-state index in [2.05, 4.69) is 35.8 Å². The second kappa shape index (κ2) is 7.36. The van der Waals surface area contributed by atoms with Crippen LogP contribution in [0.1, 0.15) is 24.5 Å². The van der Waals surface area contributed by atoms with E-state index in [0.29, 0.717) is 11.8 Å². The zero-order valence-corrected chi connectivity index (χ0v) is 15.4. The molecule has 2 bridgehead atoms. The summed E-state index contributed by atoms with van der Waals surface area (Å²) in [6.45, 7) is 6.11. The number of piperidine rings is 3. The molecule has 3 fully saturated rings. The Hall–Kier alpha value is -1.55. The van der Waals surface area contributed by atoms with Crippen molar-refractivity contribution in [3.05, 3.63) is 54.6 Å². The largest absolute Gasteiger partial charge is 0.497 e. The van der Waals surface area contributed by atoms with Crippen molar-refractivity contribution in [2.24, 2.45) is 11.8 Å². The van der Waals surface area contributed by atoms with Gasteiger partial charge < -0.3 is 9.84 Å². The van der Waals surface area contributed by atoms with Gasteiger partial charge >= 0.3 is 0 Å². The molecule has 0 aliphatic carbocycles. The van der Waals surface area contributed by atoms with Gasteiger partial charge in [0.2, 0.25) is 0 Å². The number of nitrogens with zero attached hydrogens (tertiary/aromatic N) is 1. The number of methoxy groups -OCH3 is 1. The first-order valence-corrected chi connectivity index (χ1v) is 8.82. The Labute approximate surface area is 155 Å². The van der Waals surface area contributed by atoms with Gasteiger partial charge in [0.25, 0.3) is 0 Å². The van der Waals surface area contributed by atoms with E-state index >= 15 is 0 Å². The number of aliphatic hydroxyl groups excluding tert-OH is 1. The predicted molar refractivity (Wildman–Crippen MR) is 104 cm³/mol. The number of hydrogen-bond donors (Lipinski definition) is 1. The Kier molecular flexibility index (Phi) is 5.38. The molecule has 3 aliphatic heterocycles. The van der Waals surface area contributed by atoms with Gasteiger partial charge in [-0.2, -0.15) is 0 Å². The third-order valence-corrected chi connectivity index (χ3v) is 5.96. The molecule has 25 heavy (non-hydrogen) atoms. The summed E-state index contributed by atoms with van der Waals surface area (Å²) in [5, 5.41) is 13.4. The number of halogens is 1. The van der Waals surface area contributed by atoms with Gasteiger partial charge in [-0.1, -0.05) is 30.3 Å². The molecule has 3 aliphatic rings. The molecule has 134 valence electrons. The number of rotatable bonds is 4. The predicted octanol–water partition coefficient (Wildman–Crippen LogP) is 4.20. The Morgan fingerprint density at radius 3 is 2.84 bits per heavy atom. The Morgan fingerprint density at radius 2 is 2.16 bits per heavy atom. The molecule has 5 rings (SSSR count). The molecule has 4 unspecified atom stereocenters. The van der Waals surface area contributed by atoms with E-state index in [-0.39, 0.29) is 18.4 Å². The van der Waals surface area contributed by atoms with Crippen molar-refractivity contribution in [2.75, 3.05) is 20.2 Å². The minimum atomic E-state index is -0.464. The zero-order chi connectivity index (χ0) is 16.7. The molecule has 3 heterocycles. The van der Waals surface area contributed by atoms with Crippen molar-refractivity contribution in [2.45, 2.75) is 25.0 Å². The van der Waals surface area contributed by atoms with Crippen molar-refractivity contribution in [3.63, 3.8) is 0 Å². The maximum Gasteiger partial charge on any atom is 0.119 e. The molecule has 4 heteroatoms. The number of ether oxygens (including phenoxy) is 1. The van der Waals surface area contributed by atoms with Crippen LogP contribution >= 0.6 is 12.4 Å². The average Bonchev–Trinajstić information content (AvgIpc) is 2.66. The smallest absolute Gasteiger partial charge is 0.119 e. The molecular formula is C21H26ClNO2. The quantitative estimate of drug-likeness (QED) is 0.830. The molecule has 0 spiro atoms. The zero-order valence-electron chi connectivity index (χ0n) is 14.6. The van der Waals surface area contributed by atoms with E-state index in [1.165, 1.54) is 6.42 Å². The fraction of sp³-hybridized carbons (Fsp3) is 0.429. The highest BCUT2D eigenvalue weighted by atomic mass is 35.5. The summed E-state index contributed by atoms with van der Waals surface area (Å²) >= 11 is 0. The van der Waals surface area contributed by atoms with E-state index in [1.807, 2.05) is 18.2 Å². The van der Waals surface area contributed by atoms with Crippen LogP contribution in [0.5, 0.6) is 5.75 Å². The van der Waals surface area contributed by atoms with E-state index < -0.39 is 6.10 Å². The maximum atomic E-state index is 11.2. The monoisotopic (exact) mass is 359 g/mol. The molecule has 0 aromatic heterocycles. The fourth-order valence-corrected chi connectivity index (χ4v) is 4.57. The minimum Gasteiger partial charge on any atom is -0.497 e. The van der Waals surface area contributed by atoms with Crippen LogP contribution in [0.2, 0.25) is 0 Å². The van der Waals surface area contributed by atoms with Gasteiger partial charge in [-0.15, -0.1) is 19.0 Å². The molecule has 3 saturated heterocycles. The fourth-order valence-electron chi connectivity index (χ4n) is 4.57. The van der Waals surface area contributed by atoms with Crippen molar-refractivity contribution >= 4 is 23.2 Å². The highest BCUT2D eigenvalue weighted by Gasteiger charge is 2.42. The lowest BCUT2D eigenvalue weighted by Crippen LogP contribution is -2.54. The molecule has 0 radical (unpaired) electrons. The van der Waals surface area contributed by atoms with Gasteiger partial charge in [-0.3, -0.25) is 4.90 Å². The molecule has 1 N–H and O–H groups in total. The second-order valence-corrected chi connectivity index (χ2v) is 7.13. The Bertz CT molecular complexity index is 763. The summed E-state index contributed by atoms with van der Waals surface area (Å²) in [5.41, 5.74) is 1.01. The van der Waals surface area contributed by atoms with Gasteiger partial charge in [0.05, 0.1) is 13.2 Å². The summed E-state index contributed by atoms with van der Waals surface area (Å²) in [6.07, 6.45) is 3.92. The topological polar surface area (TPSA) is 32.7 Å². The minimum absolute atomic E-state index is 0. The molecule has 2 aromatic rings. The lowest BCUT2D eigenvalue weighted by Gasteiger charge is -2.50. The van der Waals surface area contributed by atoms with Crippen molar-refractivity contribution in [3.8, 4) is 5.75 Å². The second-order valence-electron chi connectivity index (χ2n) is 7.13. The lowest BCUT2D eigenvalue weighted by atomic mass is 9.73. The third kappa shape index (κ3) is 3.17. The third-order valence-electron chi connectivity index (χ3n) is 5.96. The molecule has 5 atom stereocenters. The Morgan fingerprint density at radius 1 is 1.32 bits per heavy atom. The van der Waals surface area contributed by atoms with Crippen LogP contribution in [0, 0.1) is 11.8 Å². The number of benzene rings is 2. The summed E-state index contributed by atoms with van der Waals surface area (Å²) in [5.74, 6) is 2.07. The normalized spacial score (nSPS) is 29.0. The number of aliphatic hydroxyl groups is 1. The van der Waals surface area contributed by atoms with Crippen LogP contribution in [0.4, 0.5) is 0 Å². The van der Waals surface area contributed by atoms with Gasteiger partial charge in [-0.25, -0.2) is 0 Å². The van der Waals surface area contributed by atoms with Crippen molar-refractivity contribution in [1.29, 1.82) is 0 Å². The Balaban J connectivity index is 0.00000182. The van der Waals surface area contributed by atoms with Gasteiger partial charge in [-0.05, 0) is 59.7 Å². The number of fused-ring (bicyclic) bond motifs is 4. The van der Waals surface area contributed by atoms with Gasteiger partial charge in [0, 0.05) is 12.6 Å². The standard InChI is InChI=1S/C21H25NO2.ClH/c1-3-14-13-22-10-9-16(14)11-20(22)21(23)18-6-4-5-15-7-8-17(24-2)12-19(15)18;/h3-8,12,14,16,20-21,23H,1,9-11,13H2,2H3;1H/t14?,16?,20?,21-;/m1./s1. The van der Waals surface area contributed by atoms with Crippen LogP contribution in [-0.4, -0.2) is 36.2 Å². The molecular weight excluding hydrogens is 334 g/mol. The van der Waals surface area contributed by atoms with E-state index in [4.69, 9.17) is 4.74 Å². The van der Waals surface area contributed by atoms with E-state index in [9.17, 15) is 5.11 Å². The first-order chi connectivity index (χ1) is 11.7. The van der Waals surface area contributed by atoms with Crippen LogP contribution in [0.3, 0.4) is 0 Å². The summed E-state index contributed by atoms with van der Waals surface area (Å²) in [4.78, 5) is 2.45. The van der Waals surface area contributed by atoms with E-state index in [1.54, 1.807) is 7.11 Å².